The maximum atomic E-state index is 6.06. The van der Waals surface area contributed by atoms with E-state index in [9.17, 15) is 0 Å². The van der Waals surface area contributed by atoms with Gasteiger partial charge in [-0.3, -0.25) is 0 Å². The summed E-state index contributed by atoms with van der Waals surface area (Å²) in [5.41, 5.74) is 0.848. The van der Waals surface area contributed by atoms with Crippen molar-refractivity contribution in [2.75, 3.05) is 0 Å². The van der Waals surface area contributed by atoms with Gasteiger partial charge in [0, 0.05) is 12.3 Å². The van der Waals surface area contributed by atoms with Crippen LogP contribution in [0.25, 0.3) is 0 Å². The zero-order valence-corrected chi connectivity index (χ0v) is 11.0. The molecule has 1 saturated carbocycles. The van der Waals surface area contributed by atoms with E-state index in [2.05, 4.69) is 6.92 Å². The molecule has 0 radical (unpaired) electrons. The highest BCUT2D eigenvalue weighted by molar-refractivity contribution is 5.18. The summed E-state index contributed by atoms with van der Waals surface area (Å²) in [7, 11) is 0. The van der Waals surface area contributed by atoms with Gasteiger partial charge in [-0.1, -0.05) is 6.42 Å². The molecule has 1 aliphatic carbocycles. The minimum absolute atomic E-state index is 0.308. The second kappa shape index (κ2) is 3.50. The fourth-order valence-corrected chi connectivity index (χ4v) is 4.20. The van der Waals surface area contributed by atoms with Crippen LogP contribution in [0.4, 0.5) is 0 Å². The van der Waals surface area contributed by atoms with Gasteiger partial charge in [0.1, 0.15) is 0 Å². The molecule has 2 bridgehead atoms. The Kier molecular flexibility index (Phi) is 2.19. The quantitative estimate of drug-likeness (QED) is 0.621. The van der Waals surface area contributed by atoms with Crippen molar-refractivity contribution in [1.29, 1.82) is 0 Å². The molecule has 4 fully saturated rings. The van der Waals surface area contributed by atoms with Crippen LogP contribution in [0.2, 0.25) is 0 Å². The first-order valence-electron chi connectivity index (χ1n) is 7.01. The van der Waals surface area contributed by atoms with Crippen molar-refractivity contribution in [3.8, 4) is 0 Å². The molecule has 1 spiro atoms. The molecule has 0 aromatic rings. The lowest BCUT2D eigenvalue weighted by molar-refractivity contribution is -0.553. The second-order valence-electron chi connectivity index (χ2n) is 6.32. The van der Waals surface area contributed by atoms with Gasteiger partial charge >= 0.3 is 0 Å². The molecule has 5 aliphatic rings. The van der Waals surface area contributed by atoms with E-state index in [4.69, 9.17) is 19.2 Å². The minimum atomic E-state index is -0.642. The molecule has 18 heavy (non-hydrogen) atoms. The molecule has 5 atom stereocenters. The third kappa shape index (κ3) is 1.26. The van der Waals surface area contributed by atoms with E-state index < -0.39 is 11.4 Å². The zero-order valence-electron chi connectivity index (χ0n) is 11.0. The largest absolute Gasteiger partial charge is 0.469 e. The Labute approximate surface area is 107 Å². The maximum absolute atomic E-state index is 6.06. The topological polar surface area (TPSA) is 36.9 Å². The van der Waals surface area contributed by atoms with Crippen molar-refractivity contribution in [3.63, 3.8) is 0 Å². The summed E-state index contributed by atoms with van der Waals surface area (Å²) < 4.78 is 11.9. The van der Waals surface area contributed by atoms with Gasteiger partial charge in [-0.2, -0.15) is 0 Å². The molecule has 4 heteroatoms. The molecule has 0 N–H and O–H groups in total. The number of hydrogen-bond donors (Lipinski definition) is 0. The molecule has 4 nitrogen and oxygen atoms in total. The smallest absolute Gasteiger partial charge is 0.235 e. The maximum Gasteiger partial charge on any atom is 0.235 e. The Morgan fingerprint density at radius 3 is 3.00 bits per heavy atom. The van der Waals surface area contributed by atoms with Gasteiger partial charge < -0.3 is 9.47 Å². The average Bonchev–Trinajstić information content (AvgIpc) is 2.59. The van der Waals surface area contributed by atoms with E-state index in [1.807, 2.05) is 13.2 Å². The van der Waals surface area contributed by atoms with Crippen LogP contribution in [0.3, 0.4) is 0 Å². The summed E-state index contributed by atoms with van der Waals surface area (Å²) >= 11 is 0. The Bertz CT molecular complexity index is 407. The van der Waals surface area contributed by atoms with Crippen molar-refractivity contribution in [1.82, 2.24) is 0 Å². The summed E-state index contributed by atoms with van der Waals surface area (Å²) in [5.74, 6) is 0.212. The van der Waals surface area contributed by atoms with E-state index >= 15 is 0 Å². The lowest BCUT2D eigenvalue weighted by Crippen LogP contribution is -2.64. The molecule has 100 valence electrons. The second-order valence-corrected chi connectivity index (χ2v) is 6.32. The number of fused-ring (bicyclic) bond motifs is 2. The summed E-state index contributed by atoms with van der Waals surface area (Å²) in [6, 6.07) is 0. The molecular weight excluding hydrogens is 232 g/mol. The highest BCUT2D eigenvalue weighted by Crippen LogP contribution is 2.57. The molecular formula is C14H20O4. The first-order valence-corrected chi connectivity index (χ1v) is 7.01. The molecule has 5 rings (SSSR count). The molecule has 0 aromatic heterocycles. The van der Waals surface area contributed by atoms with Crippen molar-refractivity contribution in [2.45, 2.75) is 63.6 Å². The van der Waals surface area contributed by atoms with E-state index in [0.29, 0.717) is 11.8 Å². The van der Waals surface area contributed by atoms with Crippen LogP contribution in [0.15, 0.2) is 11.8 Å². The summed E-state index contributed by atoms with van der Waals surface area (Å²) in [4.78, 5) is 11.5. The van der Waals surface area contributed by atoms with E-state index in [1.54, 1.807) is 0 Å². The standard InChI is InChI=1S/C14H20O4/c1-9-8-15-12-14-10(4-3-5-11(9)14)6-7-13(2,16-12)17-18-14/h8,10-12H,3-7H2,1-2H3. The third-order valence-electron chi connectivity index (χ3n) is 5.19. The first-order chi connectivity index (χ1) is 8.64. The fraction of sp³-hybridized carbons (Fsp3) is 0.857. The molecule has 4 aliphatic heterocycles. The van der Waals surface area contributed by atoms with Gasteiger partial charge in [-0.05, 0) is 44.6 Å². The Morgan fingerprint density at radius 2 is 2.11 bits per heavy atom. The molecule has 0 aromatic carbocycles. The highest BCUT2D eigenvalue weighted by atomic mass is 17.3. The molecule has 4 heterocycles. The van der Waals surface area contributed by atoms with Gasteiger partial charge in [-0.25, -0.2) is 9.78 Å². The van der Waals surface area contributed by atoms with Crippen LogP contribution in [0.5, 0.6) is 0 Å². The lowest BCUT2D eigenvalue weighted by Gasteiger charge is -2.54. The predicted octanol–water partition coefficient (Wildman–Crippen LogP) is 2.89. The SMILES string of the molecule is CC1=COC2OC3(C)CCC4CCCC1C42OO3. The van der Waals surface area contributed by atoms with Crippen molar-refractivity contribution in [3.05, 3.63) is 11.8 Å². The normalized spacial score (nSPS) is 54.1. The van der Waals surface area contributed by atoms with Crippen molar-refractivity contribution < 1.29 is 19.2 Å². The summed E-state index contributed by atoms with van der Waals surface area (Å²) in [6.45, 7) is 4.07. The molecule has 5 unspecified atom stereocenters. The van der Waals surface area contributed by atoms with Gasteiger partial charge in [0.25, 0.3) is 0 Å². The highest BCUT2D eigenvalue weighted by Gasteiger charge is 2.66. The fourth-order valence-electron chi connectivity index (χ4n) is 4.20. The Hall–Kier alpha value is -0.580. The van der Waals surface area contributed by atoms with Crippen LogP contribution in [0.1, 0.15) is 46.0 Å². The number of ether oxygens (including phenoxy) is 2. The lowest BCUT2D eigenvalue weighted by atomic mass is 9.64. The minimum Gasteiger partial charge on any atom is -0.469 e. The van der Waals surface area contributed by atoms with Gasteiger partial charge in [0.05, 0.1) is 6.26 Å². The summed E-state index contributed by atoms with van der Waals surface area (Å²) in [5, 5.41) is 0. The summed E-state index contributed by atoms with van der Waals surface area (Å²) in [6.07, 6.45) is 7.11. The number of rotatable bonds is 0. The zero-order chi connectivity index (χ0) is 12.4. The Balaban J connectivity index is 1.84. The predicted molar refractivity (Wildman–Crippen MR) is 63.1 cm³/mol. The van der Waals surface area contributed by atoms with Crippen molar-refractivity contribution in [2.24, 2.45) is 11.8 Å². The number of hydrogen-bond acceptors (Lipinski definition) is 4. The van der Waals surface area contributed by atoms with E-state index in [1.165, 1.54) is 18.4 Å². The van der Waals surface area contributed by atoms with E-state index in [-0.39, 0.29) is 6.29 Å². The molecule has 0 amide bonds. The van der Waals surface area contributed by atoms with Gasteiger partial charge in [0.2, 0.25) is 12.1 Å². The monoisotopic (exact) mass is 252 g/mol. The van der Waals surface area contributed by atoms with Crippen LogP contribution >= 0.6 is 0 Å². The van der Waals surface area contributed by atoms with Crippen molar-refractivity contribution >= 4 is 0 Å². The first kappa shape index (κ1) is 11.3. The third-order valence-corrected chi connectivity index (χ3v) is 5.19. The van der Waals surface area contributed by atoms with E-state index in [0.717, 1.165) is 19.3 Å². The van der Waals surface area contributed by atoms with Crippen LogP contribution in [-0.4, -0.2) is 17.7 Å². The Morgan fingerprint density at radius 1 is 1.22 bits per heavy atom. The van der Waals surface area contributed by atoms with Gasteiger partial charge in [-0.15, -0.1) is 0 Å². The van der Waals surface area contributed by atoms with Gasteiger partial charge in [0.15, 0.2) is 5.60 Å². The average molecular weight is 252 g/mol. The molecule has 3 saturated heterocycles. The van der Waals surface area contributed by atoms with Crippen LogP contribution < -0.4 is 0 Å². The van der Waals surface area contributed by atoms with Crippen LogP contribution in [-0.2, 0) is 19.2 Å². The van der Waals surface area contributed by atoms with Crippen LogP contribution in [0, 0.1) is 11.8 Å².